The molecule has 1 rings (SSSR count). The number of nitrogens with two attached hydrogens (primary N) is 1. The van der Waals surface area contributed by atoms with Gasteiger partial charge < -0.3 is 11.1 Å². The second-order valence-electron chi connectivity index (χ2n) is 6.14. The van der Waals surface area contributed by atoms with Crippen LogP contribution in [-0.4, -0.2) is 38.4 Å². The van der Waals surface area contributed by atoms with Gasteiger partial charge in [-0.05, 0) is 39.2 Å². The minimum Gasteiger partial charge on any atom is -0.354 e. The Morgan fingerprint density at radius 2 is 1.89 bits per heavy atom. The highest BCUT2D eigenvalue weighted by molar-refractivity contribution is 7.92. The normalized spacial score (nSPS) is 25.1. The van der Waals surface area contributed by atoms with E-state index >= 15 is 0 Å². The van der Waals surface area contributed by atoms with E-state index in [-0.39, 0.29) is 24.3 Å². The molecule has 0 aromatic heterocycles. The number of nitrogens with one attached hydrogen (secondary N) is 1. The highest BCUT2D eigenvalue weighted by atomic mass is 32.2. The first-order valence-corrected chi connectivity index (χ1v) is 8.75. The molecule has 0 bridgehead atoms. The van der Waals surface area contributed by atoms with Crippen LogP contribution in [0.3, 0.4) is 0 Å². The number of hydrogen-bond acceptors (Lipinski definition) is 4. The Labute approximate surface area is 116 Å². The molecule has 2 unspecified atom stereocenters. The fourth-order valence-corrected chi connectivity index (χ4v) is 2.73. The molecule has 112 valence electrons. The van der Waals surface area contributed by atoms with E-state index in [9.17, 15) is 13.2 Å². The third kappa shape index (κ3) is 4.18. The van der Waals surface area contributed by atoms with Crippen LogP contribution in [0.4, 0.5) is 0 Å². The second-order valence-corrected chi connectivity index (χ2v) is 8.79. The van der Waals surface area contributed by atoms with Crippen molar-refractivity contribution in [2.24, 2.45) is 17.6 Å². The molecule has 1 saturated carbocycles. The maximum absolute atomic E-state index is 12.2. The monoisotopic (exact) mass is 290 g/mol. The maximum Gasteiger partial charge on any atom is 0.223 e. The van der Waals surface area contributed by atoms with Crippen molar-refractivity contribution < 1.29 is 13.2 Å². The molecule has 0 spiro atoms. The van der Waals surface area contributed by atoms with E-state index in [1.807, 2.05) is 0 Å². The molecule has 1 aliphatic carbocycles. The Hall–Kier alpha value is -0.620. The minimum atomic E-state index is -3.19. The summed E-state index contributed by atoms with van der Waals surface area (Å²) in [5.74, 6) is 0.121. The van der Waals surface area contributed by atoms with Crippen molar-refractivity contribution in [3.8, 4) is 0 Å². The minimum absolute atomic E-state index is 0.0492. The van der Waals surface area contributed by atoms with Crippen LogP contribution < -0.4 is 11.1 Å². The first-order valence-electron chi connectivity index (χ1n) is 6.86. The average Bonchev–Trinajstić information content (AvgIpc) is 2.34. The zero-order chi connectivity index (χ0) is 14.7. The smallest absolute Gasteiger partial charge is 0.223 e. The summed E-state index contributed by atoms with van der Waals surface area (Å²) in [5.41, 5.74) is 5.71. The Balaban J connectivity index is 2.60. The van der Waals surface area contributed by atoms with Gasteiger partial charge >= 0.3 is 0 Å². The predicted molar refractivity (Wildman–Crippen MR) is 76.4 cm³/mol. The summed E-state index contributed by atoms with van der Waals surface area (Å²) in [7, 11) is -3.19. The molecule has 1 amide bonds. The van der Waals surface area contributed by atoms with Crippen molar-refractivity contribution >= 4 is 15.7 Å². The van der Waals surface area contributed by atoms with E-state index in [4.69, 9.17) is 5.73 Å². The highest BCUT2D eigenvalue weighted by Crippen LogP contribution is 2.29. The van der Waals surface area contributed by atoms with Gasteiger partial charge in [0.15, 0.2) is 9.84 Å². The SMILES string of the molecule is CC(C)(CNC(=O)C1CCCCC1CN)S(C)(=O)=O. The van der Waals surface area contributed by atoms with Crippen LogP contribution in [0.2, 0.25) is 0 Å². The zero-order valence-corrected chi connectivity index (χ0v) is 12.9. The Kier molecular flexibility index (Phi) is 5.38. The Morgan fingerprint density at radius 3 is 2.42 bits per heavy atom. The first kappa shape index (κ1) is 16.4. The van der Waals surface area contributed by atoms with Gasteiger partial charge in [-0.25, -0.2) is 8.42 Å². The third-order valence-electron chi connectivity index (χ3n) is 4.24. The van der Waals surface area contributed by atoms with Gasteiger partial charge in [0, 0.05) is 18.7 Å². The largest absolute Gasteiger partial charge is 0.354 e. The summed E-state index contributed by atoms with van der Waals surface area (Å²) in [6, 6.07) is 0. The lowest BCUT2D eigenvalue weighted by Crippen LogP contribution is -2.47. The fraction of sp³-hybridized carbons (Fsp3) is 0.923. The molecular formula is C13H26N2O3S. The Bertz CT molecular complexity index is 418. The van der Waals surface area contributed by atoms with Crippen LogP contribution in [0.25, 0.3) is 0 Å². The van der Waals surface area contributed by atoms with E-state index in [1.54, 1.807) is 13.8 Å². The van der Waals surface area contributed by atoms with Crippen molar-refractivity contribution in [2.75, 3.05) is 19.3 Å². The lowest BCUT2D eigenvalue weighted by atomic mass is 9.78. The van der Waals surface area contributed by atoms with Gasteiger partial charge in [-0.3, -0.25) is 4.79 Å². The van der Waals surface area contributed by atoms with E-state index < -0.39 is 14.6 Å². The molecule has 0 aliphatic heterocycles. The van der Waals surface area contributed by atoms with Crippen molar-refractivity contribution in [3.05, 3.63) is 0 Å². The van der Waals surface area contributed by atoms with E-state index in [1.165, 1.54) is 6.26 Å². The maximum atomic E-state index is 12.2. The average molecular weight is 290 g/mol. The van der Waals surface area contributed by atoms with Gasteiger partial charge in [0.2, 0.25) is 5.91 Å². The zero-order valence-electron chi connectivity index (χ0n) is 12.1. The number of hydrogen-bond donors (Lipinski definition) is 2. The summed E-state index contributed by atoms with van der Waals surface area (Å²) < 4.78 is 22.2. The topological polar surface area (TPSA) is 89.3 Å². The molecular weight excluding hydrogens is 264 g/mol. The van der Waals surface area contributed by atoms with Crippen molar-refractivity contribution in [1.29, 1.82) is 0 Å². The van der Waals surface area contributed by atoms with Gasteiger partial charge in [0.1, 0.15) is 0 Å². The lowest BCUT2D eigenvalue weighted by molar-refractivity contribution is -0.127. The first-order chi connectivity index (χ1) is 8.69. The summed E-state index contributed by atoms with van der Waals surface area (Å²) in [4.78, 5) is 12.2. The summed E-state index contributed by atoms with van der Waals surface area (Å²) in [6.07, 6.45) is 5.21. The van der Waals surface area contributed by atoms with Crippen LogP contribution in [0.1, 0.15) is 39.5 Å². The van der Waals surface area contributed by atoms with Crippen molar-refractivity contribution in [2.45, 2.75) is 44.3 Å². The van der Waals surface area contributed by atoms with Gasteiger partial charge in [0.05, 0.1) is 4.75 Å². The van der Waals surface area contributed by atoms with Crippen molar-refractivity contribution in [3.63, 3.8) is 0 Å². The standard InChI is InChI=1S/C13H26N2O3S/c1-13(2,19(3,17)18)9-15-12(16)11-7-5-4-6-10(11)8-14/h10-11H,4-9,14H2,1-3H3,(H,15,16). The van der Waals surface area contributed by atoms with E-state index in [2.05, 4.69) is 5.32 Å². The van der Waals surface area contributed by atoms with Gasteiger partial charge in [0.25, 0.3) is 0 Å². The molecule has 6 heteroatoms. The molecule has 5 nitrogen and oxygen atoms in total. The van der Waals surface area contributed by atoms with E-state index in [0.717, 1.165) is 25.7 Å². The van der Waals surface area contributed by atoms with Crippen LogP contribution >= 0.6 is 0 Å². The second kappa shape index (κ2) is 6.22. The van der Waals surface area contributed by atoms with Crippen LogP contribution in [0.5, 0.6) is 0 Å². The van der Waals surface area contributed by atoms with Gasteiger partial charge in [-0.2, -0.15) is 0 Å². The predicted octanol–water partition coefficient (Wildman–Crippen LogP) is 0.691. The molecule has 1 fully saturated rings. The summed E-state index contributed by atoms with van der Waals surface area (Å²) >= 11 is 0. The molecule has 0 aromatic rings. The molecule has 0 radical (unpaired) electrons. The molecule has 2 atom stereocenters. The van der Waals surface area contributed by atoms with Crippen molar-refractivity contribution in [1.82, 2.24) is 5.32 Å². The van der Waals surface area contributed by atoms with Gasteiger partial charge in [-0.1, -0.05) is 12.8 Å². The molecule has 3 N–H and O–H groups in total. The number of amides is 1. The quantitative estimate of drug-likeness (QED) is 0.779. The van der Waals surface area contributed by atoms with Crippen LogP contribution in [-0.2, 0) is 14.6 Å². The molecule has 0 heterocycles. The molecule has 0 saturated heterocycles. The van der Waals surface area contributed by atoms with Gasteiger partial charge in [-0.15, -0.1) is 0 Å². The highest BCUT2D eigenvalue weighted by Gasteiger charge is 2.34. The molecule has 0 aromatic carbocycles. The molecule has 1 aliphatic rings. The number of rotatable bonds is 5. The van der Waals surface area contributed by atoms with Crippen LogP contribution in [0.15, 0.2) is 0 Å². The Morgan fingerprint density at radius 1 is 1.32 bits per heavy atom. The van der Waals surface area contributed by atoms with Crippen LogP contribution in [0, 0.1) is 11.8 Å². The third-order valence-corrected chi connectivity index (χ3v) is 6.39. The number of sulfone groups is 1. The summed E-state index contributed by atoms with van der Waals surface area (Å²) in [5, 5.41) is 2.79. The fourth-order valence-electron chi connectivity index (χ4n) is 2.40. The van der Waals surface area contributed by atoms with E-state index in [0.29, 0.717) is 6.54 Å². The number of carbonyl (C=O) groups excluding carboxylic acids is 1. The summed E-state index contributed by atoms with van der Waals surface area (Å²) in [6.45, 7) is 3.93. The molecule has 19 heavy (non-hydrogen) atoms. The lowest BCUT2D eigenvalue weighted by Gasteiger charge is -2.31. The number of carbonyl (C=O) groups is 1.